The van der Waals surface area contributed by atoms with Crippen molar-refractivity contribution in [1.82, 2.24) is 10.7 Å². The highest BCUT2D eigenvalue weighted by atomic mass is 32.2. The smallest absolute Gasteiger partial charge is 0.180 e. The third-order valence-electron chi connectivity index (χ3n) is 2.08. The van der Waals surface area contributed by atoms with Crippen molar-refractivity contribution in [2.45, 2.75) is 18.1 Å². The van der Waals surface area contributed by atoms with Crippen molar-refractivity contribution in [3.8, 4) is 0 Å². The zero-order valence-corrected chi connectivity index (χ0v) is 8.75. The summed E-state index contributed by atoms with van der Waals surface area (Å²) >= 11 is 4.72. The monoisotopic (exact) mass is 223 g/mol. The molecule has 0 aliphatic carbocycles. The second kappa shape index (κ2) is 4.21. The highest BCUT2D eigenvalue weighted by Crippen LogP contribution is 2.18. The van der Waals surface area contributed by atoms with Crippen LogP contribution in [0.15, 0.2) is 0 Å². The van der Waals surface area contributed by atoms with Crippen LogP contribution in [0.5, 0.6) is 0 Å². The summed E-state index contributed by atoms with van der Waals surface area (Å²) in [6.07, 6.45) is 1.46. The van der Waals surface area contributed by atoms with E-state index in [9.17, 15) is 8.42 Å². The molecule has 1 unspecified atom stereocenters. The minimum absolute atomic E-state index is 0.280. The summed E-state index contributed by atoms with van der Waals surface area (Å²) in [7, 11) is -2.88. The molecule has 0 aromatic heterocycles. The van der Waals surface area contributed by atoms with Crippen LogP contribution in [0.1, 0.15) is 12.8 Å². The fourth-order valence-electron chi connectivity index (χ4n) is 1.35. The summed E-state index contributed by atoms with van der Waals surface area (Å²) in [6.45, 7) is 0.353. The third-order valence-corrected chi connectivity index (χ3v) is 4.62. The van der Waals surface area contributed by atoms with Crippen molar-refractivity contribution in [2.24, 2.45) is 5.84 Å². The molecule has 0 radical (unpaired) electrons. The quantitative estimate of drug-likeness (QED) is 0.313. The lowest BCUT2D eigenvalue weighted by Crippen LogP contribution is -2.43. The van der Waals surface area contributed by atoms with Gasteiger partial charge in [-0.15, -0.1) is 0 Å². The average molecular weight is 223 g/mol. The Bertz CT molecular complexity index is 288. The first kappa shape index (κ1) is 10.7. The summed E-state index contributed by atoms with van der Waals surface area (Å²) in [5, 5.41) is 2.72. The molecule has 13 heavy (non-hydrogen) atoms. The molecule has 5 nitrogen and oxygen atoms in total. The summed E-state index contributed by atoms with van der Waals surface area (Å²) in [6, 6.07) is 0. The van der Waals surface area contributed by atoms with Gasteiger partial charge in [-0.3, -0.25) is 0 Å². The lowest BCUT2D eigenvalue weighted by atomic mass is 10.2. The van der Waals surface area contributed by atoms with Crippen LogP contribution in [0.25, 0.3) is 0 Å². The summed E-state index contributed by atoms with van der Waals surface area (Å²) in [5.74, 6) is 5.32. The van der Waals surface area contributed by atoms with Gasteiger partial charge in [-0.25, -0.2) is 14.3 Å². The van der Waals surface area contributed by atoms with Gasteiger partial charge in [0.2, 0.25) is 0 Å². The number of rotatable bonds is 2. The van der Waals surface area contributed by atoms with E-state index in [4.69, 9.17) is 18.1 Å². The standard InChI is InChI=1S/C6H13N3O2S2/c7-9-6(12)8-4-5-2-1-3-13(5,10)11/h5H,1-4,7H2,(H2,8,9,12). The van der Waals surface area contributed by atoms with Gasteiger partial charge in [0.15, 0.2) is 14.9 Å². The van der Waals surface area contributed by atoms with E-state index in [-0.39, 0.29) is 10.4 Å². The van der Waals surface area contributed by atoms with Gasteiger partial charge in [0.1, 0.15) is 0 Å². The molecule has 7 heteroatoms. The first-order chi connectivity index (χ1) is 6.06. The zero-order valence-electron chi connectivity index (χ0n) is 7.12. The summed E-state index contributed by atoms with van der Waals surface area (Å²) < 4.78 is 22.7. The Kier molecular flexibility index (Phi) is 3.46. The Morgan fingerprint density at radius 1 is 1.62 bits per heavy atom. The van der Waals surface area contributed by atoms with Crippen LogP contribution >= 0.6 is 12.2 Å². The van der Waals surface area contributed by atoms with E-state index < -0.39 is 9.84 Å². The molecule has 76 valence electrons. The molecule has 1 heterocycles. The molecule has 1 fully saturated rings. The Hall–Kier alpha value is -0.400. The molecule has 1 aliphatic heterocycles. The second-order valence-electron chi connectivity index (χ2n) is 2.99. The Morgan fingerprint density at radius 3 is 2.77 bits per heavy atom. The highest BCUT2D eigenvalue weighted by Gasteiger charge is 2.30. The van der Waals surface area contributed by atoms with E-state index in [2.05, 4.69) is 10.7 Å². The Labute approximate surface area is 83.0 Å². The maximum atomic E-state index is 11.3. The second-order valence-corrected chi connectivity index (χ2v) is 5.79. The molecule has 4 N–H and O–H groups in total. The van der Waals surface area contributed by atoms with Crippen molar-refractivity contribution in [1.29, 1.82) is 0 Å². The normalized spacial score (nSPS) is 25.5. The zero-order chi connectivity index (χ0) is 9.90. The van der Waals surface area contributed by atoms with Gasteiger partial charge in [-0.1, -0.05) is 0 Å². The van der Waals surface area contributed by atoms with Gasteiger partial charge >= 0.3 is 0 Å². The van der Waals surface area contributed by atoms with Crippen molar-refractivity contribution in [3.05, 3.63) is 0 Å². The molecule has 1 aliphatic rings. The molecule has 0 spiro atoms. The topological polar surface area (TPSA) is 84.2 Å². The Balaban J connectivity index is 2.42. The predicted octanol–water partition coefficient (Wildman–Crippen LogP) is -1.10. The number of thiocarbonyl (C=S) groups is 1. The fourth-order valence-corrected chi connectivity index (χ4v) is 3.19. The van der Waals surface area contributed by atoms with Crippen molar-refractivity contribution in [3.63, 3.8) is 0 Å². The number of hydrogen-bond donors (Lipinski definition) is 3. The van der Waals surface area contributed by atoms with Crippen molar-refractivity contribution < 1.29 is 8.42 Å². The predicted molar refractivity (Wildman–Crippen MR) is 54.7 cm³/mol. The van der Waals surface area contributed by atoms with E-state index in [0.29, 0.717) is 18.7 Å². The van der Waals surface area contributed by atoms with E-state index >= 15 is 0 Å². The van der Waals surface area contributed by atoms with Crippen LogP contribution in [-0.4, -0.2) is 31.1 Å². The van der Waals surface area contributed by atoms with Crippen LogP contribution in [0.3, 0.4) is 0 Å². The Morgan fingerprint density at radius 2 is 2.31 bits per heavy atom. The minimum atomic E-state index is -2.88. The molecule has 1 rings (SSSR count). The van der Waals surface area contributed by atoms with Crippen LogP contribution in [-0.2, 0) is 9.84 Å². The minimum Gasteiger partial charge on any atom is -0.360 e. The number of nitrogens with two attached hydrogens (primary N) is 1. The van der Waals surface area contributed by atoms with Crippen molar-refractivity contribution in [2.75, 3.05) is 12.3 Å². The van der Waals surface area contributed by atoms with Crippen LogP contribution < -0.4 is 16.6 Å². The average Bonchev–Trinajstić information content (AvgIpc) is 2.41. The molecule has 0 saturated carbocycles. The molecular formula is C6H13N3O2S2. The molecule has 0 aromatic rings. The number of hydrazine groups is 1. The van der Waals surface area contributed by atoms with Gasteiger partial charge < -0.3 is 10.7 Å². The first-order valence-corrected chi connectivity index (χ1v) is 6.14. The van der Waals surface area contributed by atoms with Gasteiger partial charge in [0.25, 0.3) is 0 Å². The number of sulfone groups is 1. The lowest BCUT2D eigenvalue weighted by molar-refractivity contribution is 0.586. The third kappa shape index (κ3) is 2.78. The molecule has 1 saturated heterocycles. The SMILES string of the molecule is NNC(=S)NCC1CCCS1(=O)=O. The lowest BCUT2D eigenvalue weighted by Gasteiger charge is -2.11. The van der Waals surface area contributed by atoms with E-state index in [1.54, 1.807) is 0 Å². The maximum Gasteiger partial charge on any atom is 0.180 e. The molecular weight excluding hydrogens is 210 g/mol. The van der Waals surface area contributed by atoms with E-state index in [1.807, 2.05) is 0 Å². The summed E-state index contributed by atoms with van der Waals surface area (Å²) in [4.78, 5) is 0. The van der Waals surface area contributed by atoms with Crippen LogP contribution in [0.4, 0.5) is 0 Å². The van der Waals surface area contributed by atoms with Gasteiger partial charge in [0, 0.05) is 6.54 Å². The summed E-state index contributed by atoms with van der Waals surface area (Å²) in [5.41, 5.74) is 2.24. The molecule has 1 atom stereocenters. The maximum absolute atomic E-state index is 11.3. The van der Waals surface area contributed by atoms with Gasteiger partial charge in [-0.2, -0.15) is 0 Å². The van der Waals surface area contributed by atoms with E-state index in [0.717, 1.165) is 6.42 Å². The molecule has 0 bridgehead atoms. The van der Waals surface area contributed by atoms with Gasteiger partial charge in [-0.05, 0) is 25.1 Å². The molecule has 0 aromatic carbocycles. The van der Waals surface area contributed by atoms with E-state index in [1.165, 1.54) is 0 Å². The van der Waals surface area contributed by atoms with Crippen molar-refractivity contribution >= 4 is 27.2 Å². The molecule has 0 amide bonds. The fraction of sp³-hybridized carbons (Fsp3) is 0.833. The highest BCUT2D eigenvalue weighted by molar-refractivity contribution is 7.92. The number of hydrogen-bond acceptors (Lipinski definition) is 4. The number of nitrogens with one attached hydrogen (secondary N) is 2. The van der Waals surface area contributed by atoms with Crippen LogP contribution in [0.2, 0.25) is 0 Å². The largest absolute Gasteiger partial charge is 0.360 e. The first-order valence-electron chi connectivity index (χ1n) is 4.02. The van der Waals surface area contributed by atoms with Gasteiger partial charge in [0.05, 0.1) is 11.0 Å². The van der Waals surface area contributed by atoms with Crippen LogP contribution in [0, 0.1) is 0 Å².